The van der Waals surface area contributed by atoms with Crippen LogP contribution in [0.1, 0.15) is 48.0 Å². The Hall–Kier alpha value is -0.880. The van der Waals surface area contributed by atoms with Crippen LogP contribution in [0.3, 0.4) is 0 Å². The van der Waals surface area contributed by atoms with Gasteiger partial charge in [0.15, 0.2) is 0 Å². The zero-order valence-electron chi connectivity index (χ0n) is 16.2. The number of ether oxygens (including phenoxy) is 2. The fraction of sp³-hybridized carbons (Fsp3) is 0.684. The maximum Gasteiger partial charge on any atom is 0.508 e. The predicted molar refractivity (Wildman–Crippen MR) is 107 cm³/mol. The number of carbonyl (C=O) groups is 1. The first-order valence-corrected chi connectivity index (χ1v) is 11.1. The Morgan fingerprint density at radius 2 is 2.00 bits per heavy atom. The minimum absolute atomic E-state index is 0.0730. The van der Waals surface area contributed by atoms with Crippen molar-refractivity contribution >= 4 is 27.7 Å². The first kappa shape index (κ1) is 22.2. The molecule has 1 aromatic rings. The van der Waals surface area contributed by atoms with Crippen LogP contribution in [0.5, 0.6) is 0 Å². The van der Waals surface area contributed by atoms with Gasteiger partial charge in [0.2, 0.25) is 0 Å². The summed E-state index contributed by atoms with van der Waals surface area (Å²) in [5.41, 5.74) is 0.0730. The van der Waals surface area contributed by atoms with Crippen LogP contribution < -0.4 is 0 Å². The quantitative estimate of drug-likeness (QED) is 0.292. The molecule has 0 aliphatic heterocycles. The smallest absolute Gasteiger partial charge is 0.433 e. The summed E-state index contributed by atoms with van der Waals surface area (Å²) in [5.74, 6) is 1.25. The highest BCUT2D eigenvalue weighted by Gasteiger charge is 2.34. The largest absolute Gasteiger partial charge is 0.508 e. The summed E-state index contributed by atoms with van der Waals surface area (Å²) in [4.78, 5) is 16.3. The van der Waals surface area contributed by atoms with Gasteiger partial charge in [-0.15, -0.1) is 0 Å². The van der Waals surface area contributed by atoms with Crippen LogP contribution in [0.25, 0.3) is 0 Å². The van der Waals surface area contributed by atoms with Gasteiger partial charge in [0.1, 0.15) is 17.7 Å². The van der Waals surface area contributed by atoms with Gasteiger partial charge in [-0.05, 0) is 40.2 Å². The number of pyridine rings is 1. The highest BCUT2D eigenvalue weighted by Crippen LogP contribution is 2.34. The lowest BCUT2D eigenvalue weighted by Gasteiger charge is -2.36. The van der Waals surface area contributed by atoms with E-state index in [1.165, 1.54) is 0 Å². The average Bonchev–Trinajstić information content (AvgIpc) is 2.58. The molecule has 0 aliphatic carbocycles. The van der Waals surface area contributed by atoms with Gasteiger partial charge < -0.3 is 9.47 Å². The zero-order chi connectivity index (χ0) is 18.9. The Kier molecular flexibility index (Phi) is 9.72. The number of hydrogen-bond acceptors (Lipinski definition) is 6. The summed E-state index contributed by atoms with van der Waals surface area (Å²) in [6.45, 7) is 13.2. The molecular formula is C19H31NO3S2. The van der Waals surface area contributed by atoms with E-state index < -0.39 is 6.16 Å². The Morgan fingerprint density at radius 3 is 2.56 bits per heavy atom. The molecule has 0 radical (unpaired) electrons. The van der Waals surface area contributed by atoms with Crippen LogP contribution >= 0.6 is 21.6 Å². The maximum absolute atomic E-state index is 12.1. The lowest BCUT2D eigenvalue weighted by Crippen LogP contribution is -2.38. The van der Waals surface area contributed by atoms with Crippen LogP contribution in [0, 0.1) is 17.3 Å². The topological polar surface area (TPSA) is 48.4 Å². The lowest BCUT2D eigenvalue weighted by molar-refractivity contribution is -0.0385. The summed E-state index contributed by atoms with van der Waals surface area (Å²) >= 11 is 0. The van der Waals surface area contributed by atoms with E-state index in [0.717, 1.165) is 11.4 Å². The first-order chi connectivity index (χ1) is 11.8. The van der Waals surface area contributed by atoms with E-state index in [9.17, 15) is 4.79 Å². The normalized spacial score (nSPS) is 15.3. The molecule has 142 valence electrons. The molecule has 4 nitrogen and oxygen atoms in total. The van der Waals surface area contributed by atoms with Crippen molar-refractivity contribution in [2.24, 2.45) is 17.3 Å². The Balaban J connectivity index is 2.36. The van der Waals surface area contributed by atoms with Crippen LogP contribution in [-0.4, -0.2) is 29.6 Å². The number of nitrogens with zero attached hydrogens (tertiary/aromatic N) is 1. The van der Waals surface area contributed by atoms with Crippen LogP contribution in [0.2, 0.25) is 0 Å². The third-order valence-electron chi connectivity index (χ3n) is 4.46. The van der Waals surface area contributed by atoms with E-state index in [1.807, 2.05) is 18.2 Å². The molecule has 0 fully saturated rings. The first-order valence-electron chi connectivity index (χ1n) is 8.79. The van der Waals surface area contributed by atoms with Gasteiger partial charge in [0.05, 0.1) is 0 Å². The molecule has 3 atom stereocenters. The fourth-order valence-electron chi connectivity index (χ4n) is 2.24. The molecule has 1 heterocycles. The highest BCUT2D eigenvalue weighted by molar-refractivity contribution is 8.76. The van der Waals surface area contributed by atoms with Crippen LogP contribution in [0.15, 0.2) is 29.4 Å². The Morgan fingerprint density at radius 1 is 1.28 bits per heavy atom. The van der Waals surface area contributed by atoms with Crippen molar-refractivity contribution in [2.75, 3.05) is 12.4 Å². The van der Waals surface area contributed by atoms with Crippen LogP contribution in [-0.2, 0) is 9.47 Å². The minimum Gasteiger partial charge on any atom is -0.433 e. The molecule has 0 saturated carbocycles. The molecule has 6 heteroatoms. The lowest BCUT2D eigenvalue weighted by atomic mass is 9.75. The van der Waals surface area contributed by atoms with Crippen molar-refractivity contribution < 1.29 is 14.3 Å². The van der Waals surface area contributed by atoms with Gasteiger partial charge >= 0.3 is 6.16 Å². The summed E-state index contributed by atoms with van der Waals surface area (Å²) in [6, 6.07) is 5.80. The third-order valence-corrected chi connectivity index (χ3v) is 6.69. The molecule has 0 aromatic carbocycles. The second kappa shape index (κ2) is 11.0. The van der Waals surface area contributed by atoms with Gasteiger partial charge in [-0.25, -0.2) is 9.78 Å². The van der Waals surface area contributed by atoms with E-state index in [2.05, 4.69) is 46.5 Å². The van der Waals surface area contributed by atoms with Crippen molar-refractivity contribution in [2.45, 2.75) is 59.1 Å². The van der Waals surface area contributed by atoms with E-state index >= 15 is 0 Å². The summed E-state index contributed by atoms with van der Waals surface area (Å²) < 4.78 is 10.9. The molecule has 0 aliphatic rings. The van der Waals surface area contributed by atoms with Crippen LogP contribution in [0.4, 0.5) is 4.79 Å². The molecule has 2 unspecified atom stereocenters. The number of hydrogen-bond donors (Lipinski definition) is 0. The van der Waals surface area contributed by atoms with Crippen molar-refractivity contribution in [1.29, 1.82) is 0 Å². The Labute approximate surface area is 160 Å². The second-order valence-electron chi connectivity index (χ2n) is 7.29. The SMILES string of the molecule is CCC(C)[C@@H](OC(=O)OCCSSc1ccccn1)C(C)C(C)(C)C. The number of rotatable bonds is 9. The van der Waals surface area contributed by atoms with E-state index in [4.69, 9.17) is 9.47 Å². The van der Waals surface area contributed by atoms with Gasteiger partial charge in [0.25, 0.3) is 0 Å². The highest BCUT2D eigenvalue weighted by atomic mass is 33.1. The van der Waals surface area contributed by atoms with Gasteiger partial charge in [-0.2, -0.15) is 0 Å². The van der Waals surface area contributed by atoms with E-state index in [1.54, 1.807) is 27.8 Å². The van der Waals surface area contributed by atoms with Gasteiger partial charge in [0, 0.05) is 11.9 Å². The standard InChI is InChI=1S/C19H31NO3S2/c1-7-14(2)17(15(3)19(4,5)6)23-18(21)22-12-13-24-25-16-10-8-9-11-20-16/h8-11,14-15,17H,7,12-13H2,1-6H3/t14?,15?,17-/m1/s1. The molecule has 0 saturated heterocycles. The number of carbonyl (C=O) groups excluding carboxylic acids is 1. The molecule has 25 heavy (non-hydrogen) atoms. The summed E-state index contributed by atoms with van der Waals surface area (Å²) in [6.07, 6.45) is 2.04. The molecule has 0 amide bonds. The molecule has 1 aromatic heterocycles. The second-order valence-corrected chi connectivity index (χ2v) is 9.73. The maximum atomic E-state index is 12.1. The zero-order valence-corrected chi connectivity index (χ0v) is 17.8. The average molecular weight is 386 g/mol. The molecule has 0 N–H and O–H groups in total. The molecule has 1 rings (SSSR count). The van der Waals surface area contributed by atoms with E-state index in [0.29, 0.717) is 18.3 Å². The van der Waals surface area contributed by atoms with E-state index in [-0.39, 0.29) is 17.4 Å². The van der Waals surface area contributed by atoms with Crippen molar-refractivity contribution in [1.82, 2.24) is 4.98 Å². The Bertz CT molecular complexity index is 505. The summed E-state index contributed by atoms with van der Waals surface area (Å²) in [5, 5.41) is 0.950. The predicted octanol–water partition coefficient (Wildman–Crippen LogP) is 6.07. The number of aromatic nitrogens is 1. The monoisotopic (exact) mass is 385 g/mol. The van der Waals surface area contributed by atoms with Gasteiger partial charge in [-0.1, -0.05) is 64.8 Å². The summed E-state index contributed by atoms with van der Waals surface area (Å²) in [7, 11) is 3.19. The third kappa shape index (κ3) is 8.36. The fourth-order valence-corrected chi connectivity index (χ4v) is 3.94. The molecule has 0 spiro atoms. The molecule has 0 bridgehead atoms. The van der Waals surface area contributed by atoms with Crippen molar-refractivity contribution in [3.8, 4) is 0 Å². The van der Waals surface area contributed by atoms with Crippen molar-refractivity contribution in [3.63, 3.8) is 0 Å². The molecular weight excluding hydrogens is 354 g/mol. The van der Waals surface area contributed by atoms with Crippen molar-refractivity contribution in [3.05, 3.63) is 24.4 Å². The minimum atomic E-state index is -0.565. The van der Waals surface area contributed by atoms with Gasteiger partial charge in [-0.3, -0.25) is 0 Å².